The molecule has 1 heterocycles. The van der Waals surface area contributed by atoms with Crippen LogP contribution in [-0.2, 0) is 0 Å². The van der Waals surface area contributed by atoms with Gasteiger partial charge in [-0.1, -0.05) is 12.1 Å². The number of pyridine rings is 1. The van der Waals surface area contributed by atoms with E-state index in [1.807, 2.05) is 0 Å². The summed E-state index contributed by atoms with van der Waals surface area (Å²) in [6, 6.07) is 13.2. The van der Waals surface area contributed by atoms with E-state index in [4.69, 9.17) is 4.74 Å². The number of hydrogen-bond donors (Lipinski definition) is 1. The quantitative estimate of drug-likeness (QED) is 0.193. The number of esters is 1. The number of benzene rings is 2. The van der Waals surface area contributed by atoms with Crippen molar-refractivity contribution in [2.75, 3.05) is 0 Å². The molecule has 30 heavy (non-hydrogen) atoms. The van der Waals surface area contributed by atoms with Gasteiger partial charge in [-0.05, 0) is 51.8 Å². The van der Waals surface area contributed by atoms with Crippen molar-refractivity contribution >= 4 is 39.7 Å². The highest BCUT2D eigenvalue weighted by Gasteiger charge is 2.12. The maximum absolute atomic E-state index is 12.2. The van der Waals surface area contributed by atoms with Gasteiger partial charge in [-0.3, -0.25) is 19.9 Å². The van der Waals surface area contributed by atoms with Crippen molar-refractivity contribution in [3.63, 3.8) is 0 Å². The Morgan fingerprint density at radius 1 is 1.10 bits per heavy atom. The number of carbonyl (C=O) groups is 2. The summed E-state index contributed by atoms with van der Waals surface area (Å²) < 4.78 is 5.95. The average molecular weight is 469 g/mol. The molecule has 3 aromatic rings. The largest absolute Gasteiger partial charge is 0.423 e. The summed E-state index contributed by atoms with van der Waals surface area (Å²) in [4.78, 5) is 38.3. The number of hydrogen-bond acceptors (Lipinski definition) is 7. The zero-order chi connectivity index (χ0) is 21.5. The van der Waals surface area contributed by atoms with Crippen LogP contribution in [-0.4, -0.2) is 28.0 Å². The summed E-state index contributed by atoms with van der Waals surface area (Å²) in [6.45, 7) is 0. The summed E-state index contributed by atoms with van der Waals surface area (Å²) in [7, 11) is 0. The highest BCUT2D eigenvalue weighted by Crippen LogP contribution is 2.17. The van der Waals surface area contributed by atoms with E-state index in [9.17, 15) is 19.7 Å². The van der Waals surface area contributed by atoms with Gasteiger partial charge < -0.3 is 4.74 Å². The van der Waals surface area contributed by atoms with Crippen molar-refractivity contribution in [1.82, 2.24) is 10.4 Å². The van der Waals surface area contributed by atoms with E-state index in [1.54, 1.807) is 36.5 Å². The van der Waals surface area contributed by atoms with Gasteiger partial charge in [-0.15, -0.1) is 0 Å². The molecule has 0 radical (unpaired) electrons. The molecule has 1 N–H and O–H groups in total. The van der Waals surface area contributed by atoms with E-state index < -0.39 is 16.8 Å². The number of carbonyl (C=O) groups excluding carboxylic acids is 2. The van der Waals surface area contributed by atoms with Crippen LogP contribution in [0.25, 0.3) is 0 Å². The Labute approximate surface area is 178 Å². The summed E-state index contributed by atoms with van der Waals surface area (Å²) in [5, 5.41) is 14.6. The average Bonchev–Trinajstić information content (AvgIpc) is 2.74. The predicted octanol–water partition coefficient (Wildman–Crippen LogP) is 3.74. The molecule has 9 nitrogen and oxygen atoms in total. The second-order valence-corrected chi connectivity index (χ2v) is 6.77. The normalized spacial score (nSPS) is 10.6. The van der Waals surface area contributed by atoms with Gasteiger partial charge in [0.05, 0.1) is 22.3 Å². The van der Waals surface area contributed by atoms with E-state index in [2.05, 4.69) is 31.4 Å². The van der Waals surface area contributed by atoms with Gasteiger partial charge >= 0.3 is 5.97 Å². The van der Waals surface area contributed by atoms with Gasteiger partial charge in [0.1, 0.15) is 5.75 Å². The van der Waals surface area contributed by atoms with Gasteiger partial charge in [-0.25, -0.2) is 10.2 Å². The Balaban J connectivity index is 1.62. The van der Waals surface area contributed by atoms with Crippen molar-refractivity contribution < 1.29 is 19.2 Å². The molecule has 0 saturated carbocycles. The molecular weight excluding hydrogens is 456 g/mol. The molecule has 2 aromatic carbocycles. The van der Waals surface area contributed by atoms with Crippen molar-refractivity contribution in [3.8, 4) is 5.75 Å². The van der Waals surface area contributed by atoms with Crippen LogP contribution in [0.15, 0.2) is 76.6 Å². The number of hydrazone groups is 1. The number of nitro groups is 1. The maximum atomic E-state index is 12.2. The van der Waals surface area contributed by atoms with Gasteiger partial charge in [0.2, 0.25) is 0 Å². The molecule has 0 aliphatic rings. The third kappa shape index (κ3) is 5.55. The second-order valence-electron chi connectivity index (χ2n) is 5.86. The SMILES string of the molecule is O=C(N/N=C/c1cccc(OC(=O)c2ccc([N+](=O)[O-])cc2)c1)c1cncc(Br)c1. The number of halogens is 1. The van der Waals surface area contributed by atoms with Gasteiger partial charge in [0.25, 0.3) is 11.6 Å². The smallest absolute Gasteiger partial charge is 0.343 e. The Morgan fingerprint density at radius 2 is 1.87 bits per heavy atom. The fraction of sp³-hybridized carbons (Fsp3) is 0. The summed E-state index contributed by atoms with van der Waals surface area (Å²) in [5.41, 5.74) is 3.36. The summed E-state index contributed by atoms with van der Waals surface area (Å²) in [5.74, 6) is -0.833. The molecule has 3 rings (SSSR count). The fourth-order valence-corrected chi connectivity index (χ4v) is 2.67. The number of nitrogens with zero attached hydrogens (tertiary/aromatic N) is 3. The van der Waals surface area contributed by atoms with E-state index in [0.29, 0.717) is 15.6 Å². The van der Waals surface area contributed by atoms with Crippen LogP contribution in [0.1, 0.15) is 26.3 Å². The molecule has 0 fully saturated rings. The number of nitrogens with one attached hydrogen (secondary N) is 1. The van der Waals surface area contributed by atoms with E-state index in [0.717, 1.165) is 0 Å². The van der Waals surface area contributed by atoms with E-state index in [-0.39, 0.29) is 17.0 Å². The lowest BCUT2D eigenvalue weighted by atomic mass is 10.2. The molecule has 0 saturated heterocycles. The number of ether oxygens (including phenoxy) is 1. The van der Waals surface area contributed by atoms with Crippen LogP contribution in [0.5, 0.6) is 5.75 Å². The van der Waals surface area contributed by atoms with Crippen molar-refractivity contribution in [2.24, 2.45) is 5.10 Å². The number of amides is 1. The fourth-order valence-electron chi connectivity index (χ4n) is 2.31. The summed E-state index contributed by atoms with van der Waals surface area (Å²) >= 11 is 3.24. The van der Waals surface area contributed by atoms with Gasteiger partial charge in [0, 0.05) is 29.0 Å². The third-order valence-corrected chi connectivity index (χ3v) is 4.16. The Bertz CT molecular complexity index is 1130. The maximum Gasteiger partial charge on any atom is 0.343 e. The standard InChI is InChI=1S/C20H13BrN4O5/c21-16-9-15(11-22-12-16)19(26)24-23-10-13-2-1-3-18(8-13)30-20(27)14-4-6-17(7-5-14)25(28)29/h1-12H,(H,24,26)/b23-10+. The molecule has 1 amide bonds. The first-order valence-corrected chi connectivity index (χ1v) is 9.22. The summed E-state index contributed by atoms with van der Waals surface area (Å²) in [6.07, 6.45) is 4.37. The number of aromatic nitrogens is 1. The molecule has 150 valence electrons. The molecule has 0 atom stereocenters. The number of nitro benzene ring substituents is 1. The lowest BCUT2D eigenvalue weighted by Gasteiger charge is -2.05. The van der Waals surface area contributed by atoms with Crippen LogP contribution < -0.4 is 10.2 Å². The lowest BCUT2D eigenvalue weighted by molar-refractivity contribution is -0.384. The highest BCUT2D eigenvalue weighted by molar-refractivity contribution is 9.10. The minimum absolute atomic E-state index is 0.120. The molecule has 0 spiro atoms. The zero-order valence-corrected chi connectivity index (χ0v) is 16.8. The van der Waals surface area contributed by atoms with Crippen LogP contribution in [0, 0.1) is 10.1 Å². The molecule has 0 bridgehead atoms. The minimum atomic E-state index is -0.658. The van der Waals surface area contributed by atoms with E-state index in [1.165, 1.54) is 36.7 Å². The third-order valence-electron chi connectivity index (χ3n) is 3.73. The highest BCUT2D eigenvalue weighted by atomic mass is 79.9. The molecule has 1 aromatic heterocycles. The van der Waals surface area contributed by atoms with Crippen LogP contribution in [0.4, 0.5) is 5.69 Å². The van der Waals surface area contributed by atoms with Crippen LogP contribution in [0.2, 0.25) is 0 Å². The Hall–Kier alpha value is -3.92. The second kappa shape index (κ2) is 9.52. The van der Waals surface area contributed by atoms with Crippen LogP contribution >= 0.6 is 15.9 Å². The molecule has 0 aliphatic heterocycles. The van der Waals surface area contributed by atoms with Gasteiger partial charge in [0.15, 0.2) is 0 Å². The first kappa shape index (κ1) is 20.8. The molecule has 0 aliphatic carbocycles. The van der Waals surface area contributed by atoms with E-state index >= 15 is 0 Å². The first-order valence-electron chi connectivity index (χ1n) is 8.43. The van der Waals surface area contributed by atoms with Crippen molar-refractivity contribution in [2.45, 2.75) is 0 Å². The van der Waals surface area contributed by atoms with Crippen molar-refractivity contribution in [3.05, 3.63) is 98.3 Å². The molecular formula is C20H13BrN4O5. The monoisotopic (exact) mass is 468 g/mol. The topological polar surface area (TPSA) is 124 Å². The number of rotatable bonds is 6. The lowest BCUT2D eigenvalue weighted by Crippen LogP contribution is -2.17. The first-order chi connectivity index (χ1) is 14.4. The molecule has 0 unspecified atom stereocenters. The predicted molar refractivity (Wildman–Crippen MR) is 111 cm³/mol. The molecule has 10 heteroatoms. The zero-order valence-electron chi connectivity index (χ0n) is 15.2. The van der Waals surface area contributed by atoms with Gasteiger partial charge in [-0.2, -0.15) is 5.10 Å². The van der Waals surface area contributed by atoms with Crippen molar-refractivity contribution in [1.29, 1.82) is 0 Å². The number of non-ortho nitro benzene ring substituents is 1. The Morgan fingerprint density at radius 3 is 2.57 bits per heavy atom. The van der Waals surface area contributed by atoms with Crippen LogP contribution in [0.3, 0.4) is 0 Å². The minimum Gasteiger partial charge on any atom is -0.423 e. The Kier molecular flexibility index (Phi) is 6.60.